The number of sulfonamides is 4. The molecule has 0 fully saturated rings. The van der Waals surface area contributed by atoms with Crippen LogP contribution in [0.25, 0.3) is 21.9 Å². The molecule has 16 heteroatoms. The lowest BCUT2D eigenvalue weighted by Gasteiger charge is -2.10. The van der Waals surface area contributed by atoms with E-state index in [1.54, 1.807) is 127 Å². The number of benzene rings is 8. The highest BCUT2D eigenvalue weighted by Crippen LogP contribution is 2.25. The molecule has 0 aromatic heterocycles. The van der Waals surface area contributed by atoms with Crippen LogP contribution in [-0.2, 0) is 40.1 Å². The molecule has 0 aliphatic heterocycles. The van der Waals surface area contributed by atoms with Crippen LogP contribution in [0.3, 0.4) is 0 Å². The van der Waals surface area contributed by atoms with E-state index in [-0.39, 0.29) is 4.90 Å². The van der Waals surface area contributed by atoms with Gasteiger partial charge in [-0.2, -0.15) is 0 Å². The first-order valence-corrected chi connectivity index (χ1v) is 25.7. The second-order valence-corrected chi connectivity index (χ2v) is 20.5. The van der Waals surface area contributed by atoms with Crippen LogP contribution in [-0.4, -0.2) is 47.0 Å². The maximum atomic E-state index is 12.5. The predicted octanol–water partition coefficient (Wildman–Crippen LogP) is 9.45. The van der Waals surface area contributed by atoms with E-state index in [0.29, 0.717) is 26.9 Å². The summed E-state index contributed by atoms with van der Waals surface area (Å²) in [5, 5.41) is 1.63. The molecule has 0 radical (unpaired) electrons. The lowest BCUT2D eigenvalue weighted by atomic mass is 10.1. The van der Waals surface area contributed by atoms with Crippen molar-refractivity contribution in [3.05, 3.63) is 218 Å². The number of para-hydroxylation sites is 3. The fourth-order valence-corrected chi connectivity index (χ4v) is 9.42. The average Bonchev–Trinajstić information content (AvgIpc) is 3.30. The molecule has 64 heavy (non-hydrogen) atoms. The molecule has 0 heterocycles. The van der Waals surface area contributed by atoms with Gasteiger partial charge in [-0.25, -0.2) is 38.4 Å². The lowest BCUT2D eigenvalue weighted by molar-refractivity contribution is 0.588. The van der Waals surface area contributed by atoms with Gasteiger partial charge in [-0.3, -0.25) is 14.2 Å². The lowest BCUT2D eigenvalue weighted by Crippen LogP contribution is -2.18. The van der Waals surface area contributed by atoms with E-state index in [1.165, 1.54) is 7.05 Å². The summed E-state index contributed by atoms with van der Waals surface area (Å²) in [4.78, 5) is 0.831. The summed E-state index contributed by atoms with van der Waals surface area (Å²) in [5.41, 5.74) is 3.74. The first kappa shape index (κ1) is 48.2. The van der Waals surface area contributed by atoms with E-state index in [4.69, 9.17) is 0 Å². The minimum Gasteiger partial charge on any atom is -0.284 e. The van der Waals surface area contributed by atoms with Gasteiger partial charge in [-0.05, 0) is 90.3 Å². The Morgan fingerprint density at radius 1 is 0.328 bits per heavy atom. The van der Waals surface area contributed by atoms with Crippen molar-refractivity contribution in [3.8, 4) is 11.1 Å². The second kappa shape index (κ2) is 22.5. The van der Waals surface area contributed by atoms with Crippen LogP contribution < -0.4 is 18.9 Å². The van der Waals surface area contributed by atoms with Crippen molar-refractivity contribution in [2.24, 2.45) is 0 Å². The summed E-state index contributed by atoms with van der Waals surface area (Å²) < 4.78 is 103. The van der Waals surface area contributed by atoms with Gasteiger partial charge in [-0.15, -0.1) is 0 Å². The van der Waals surface area contributed by atoms with Gasteiger partial charge < -0.3 is 0 Å². The second-order valence-electron chi connectivity index (χ2n) is 13.6. The summed E-state index contributed by atoms with van der Waals surface area (Å²) in [6.45, 7) is 0. The standard InChI is InChI=1S/C18H15NO2S.C16H13NO2S.2C7H9NO2S/c20-22(21,19-17-9-5-2-6-10-17)18-13-11-16(12-14-18)15-7-3-1-4-8-15;18-20(19,17-14-9-2-1-3-10-14)16-12-6-8-13-7-4-5-11-15(13)16;1-11(9,10)8-7-5-3-2-4-6-7;1-8-11(9,10)7-5-3-2-4-6-7/h1-14,19H;1-12,17H;2*2-6,8H,1H3. The van der Waals surface area contributed by atoms with Crippen LogP contribution >= 0.6 is 0 Å². The van der Waals surface area contributed by atoms with Gasteiger partial charge in [-0.1, -0.05) is 152 Å². The molecule has 0 bridgehead atoms. The summed E-state index contributed by atoms with van der Waals surface area (Å²) in [7, 11) is -12.1. The number of rotatable bonds is 11. The molecule has 0 saturated carbocycles. The third-order valence-corrected chi connectivity index (χ3v) is 13.6. The maximum Gasteiger partial charge on any atom is 0.262 e. The van der Waals surface area contributed by atoms with E-state index in [9.17, 15) is 33.7 Å². The van der Waals surface area contributed by atoms with Gasteiger partial charge in [0.1, 0.15) is 0 Å². The largest absolute Gasteiger partial charge is 0.284 e. The molecule has 0 unspecified atom stereocenters. The molecule has 330 valence electrons. The molecule has 0 atom stereocenters. The SMILES string of the molecule is CNS(=O)(=O)c1ccccc1.CS(=O)(=O)Nc1ccccc1.O=S(=O)(Nc1ccccc1)c1ccc(-c2ccccc2)cc1.O=S(=O)(Nc1ccccc1)c1cccc2ccccc12. The van der Waals surface area contributed by atoms with E-state index < -0.39 is 40.1 Å². The van der Waals surface area contributed by atoms with Crippen molar-refractivity contribution in [3.63, 3.8) is 0 Å². The Bertz CT molecular complexity index is 3150. The highest BCUT2D eigenvalue weighted by Gasteiger charge is 2.17. The third-order valence-electron chi connectivity index (χ3n) is 8.76. The number of hydrogen-bond donors (Lipinski definition) is 4. The molecule has 0 saturated heterocycles. The van der Waals surface area contributed by atoms with Gasteiger partial charge in [0.15, 0.2) is 0 Å². The number of fused-ring (bicyclic) bond motifs is 1. The van der Waals surface area contributed by atoms with Crippen LogP contribution in [0.4, 0.5) is 17.1 Å². The zero-order chi connectivity index (χ0) is 46.1. The van der Waals surface area contributed by atoms with Crippen molar-refractivity contribution in [2.75, 3.05) is 27.5 Å². The van der Waals surface area contributed by atoms with Gasteiger partial charge in [0.2, 0.25) is 20.0 Å². The third kappa shape index (κ3) is 14.9. The van der Waals surface area contributed by atoms with E-state index in [2.05, 4.69) is 18.9 Å². The Labute approximate surface area is 375 Å². The van der Waals surface area contributed by atoms with Gasteiger partial charge >= 0.3 is 0 Å². The fraction of sp³-hybridized carbons (Fsp3) is 0.0417. The molecule has 8 aromatic rings. The minimum absolute atomic E-state index is 0.246. The Hall–Kier alpha value is -6.82. The highest BCUT2D eigenvalue weighted by atomic mass is 32.2. The topological polar surface area (TPSA) is 185 Å². The normalized spacial score (nSPS) is 11.2. The Morgan fingerprint density at radius 3 is 1.19 bits per heavy atom. The Kier molecular flexibility index (Phi) is 17.0. The average molecular weight is 935 g/mol. The molecule has 0 aliphatic carbocycles. The fourth-order valence-electron chi connectivity index (χ4n) is 5.76. The van der Waals surface area contributed by atoms with Gasteiger partial charge in [0.25, 0.3) is 20.0 Å². The van der Waals surface area contributed by atoms with Crippen molar-refractivity contribution >= 4 is 67.9 Å². The minimum atomic E-state index is -3.59. The molecule has 8 aromatic carbocycles. The van der Waals surface area contributed by atoms with Crippen molar-refractivity contribution < 1.29 is 33.7 Å². The van der Waals surface area contributed by atoms with Crippen LogP contribution in [0.2, 0.25) is 0 Å². The molecule has 4 N–H and O–H groups in total. The van der Waals surface area contributed by atoms with E-state index >= 15 is 0 Å². The molecule has 0 amide bonds. The molecular formula is C48H46N4O8S4. The maximum absolute atomic E-state index is 12.5. The van der Waals surface area contributed by atoms with Crippen LogP contribution in [0.15, 0.2) is 233 Å². The van der Waals surface area contributed by atoms with Crippen LogP contribution in [0.1, 0.15) is 0 Å². The highest BCUT2D eigenvalue weighted by molar-refractivity contribution is 7.93. The summed E-state index contributed by atoms with van der Waals surface area (Å²) in [6, 6.07) is 64.2. The van der Waals surface area contributed by atoms with Gasteiger partial charge in [0.05, 0.1) is 20.9 Å². The molecular weight excluding hydrogens is 889 g/mol. The first-order chi connectivity index (χ1) is 30.6. The number of nitrogens with one attached hydrogen (secondary N) is 4. The Morgan fingerprint density at radius 2 is 0.703 bits per heavy atom. The smallest absolute Gasteiger partial charge is 0.262 e. The van der Waals surface area contributed by atoms with Crippen molar-refractivity contribution in [2.45, 2.75) is 14.7 Å². The van der Waals surface area contributed by atoms with E-state index in [1.807, 2.05) is 91.0 Å². The predicted molar refractivity (Wildman–Crippen MR) is 258 cm³/mol. The summed E-state index contributed by atoms with van der Waals surface area (Å²) >= 11 is 0. The number of hydrogen-bond acceptors (Lipinski definition) is 8. The molecule has 0 aliphatic rings. The van der Waals surface area contributed by atoms with Crippen LogP contribution in [0.5, 0.6) is 0 Å². The molecule has 12 nitrogen and oxygen atoms in total. The quantitative estimate of drug-likeness (QED) is 0.0988. The molecule has 0 spiro atoms. The zero-order valence-electron chi connectivity index (χ0n) is 34.7. The van der Waals surface area contributed by atoms with Crippen molar-refractivity contribution in [1.29, 1.82) is 0 Å². The molecule has 8 rings (SSSR count). The summed E-state index contributed by atoms with van der Waals surface area (Å²) in [6.07, 6.45) is 1.12. The summed E-state index contributed by atoms with van der Waals surface area (Å²) in [5.74, 6) is 0. The van der Waals surface area contributed by atoms with Crippen LogP contribution in [0, 0.1) is 0 Å². The Balaban J connectivity index is 0.000000168. The van der Waals surface area contributed by atoms with Crippen molar-refractivity contribution in [1.82, 2.24) is 4.72 Å². The van der Waals surface area contributed by atoms with Gasteiger partial charge in [0, 0.05) is 22.4 Å². The number of anilines is 3. The monoisotopic (exact) mass is 934 g/mol. The first-order valence-electron chi connectivity index (χ1n) is 19.4. The van der Waals surface area contributed by atoms with E-state index in [0.717, 1.165) is 28.2 Å². The zero-order valence-corrected chi connectivity index (χ0v) is 37.9.